The quantitative estimate of drug-likeness (QED) is 0.841. The number of hydrogen-bond donors (Lipinski definition) is 1. The Morgan fingerprint density at radius 2 is 2.16 bits per heavy atom. The molecule has 1 aliphatic rings. The molecule has 1 aromatic heterocycles. The van der Waals surface area contributed by atoms with E-state index in [2.05, 4.69) is 24.1 Å². The standard InChI is InChI=1S/C15H24N2OS/c1-12-9-13(2)11-17(10-12)7-4-6-16-15(18)14-5-3-8-19-14/h3,5,8,12-13H,4,6-7,9-11H2,1-2H3,(H,16,18). The average molecular weight is 280 g/mol. The first-order valence-corrected chi connectivity index (χ1v) is 8.07. The fourth-order valence-electron chi connectivity index (χ4n) is 2.97. The van der Waals surface area contributed by atoms with E-state index in [1.54, 1.807) is 0 Å². The zero-order chi connectivity index (χ0) is 13.7. The number of amides is 1. The fraction of sp³-hybridized carbons (Fsp3) is 0.667. The molecular formula is C15H24N2OS. The molecular weight excluding hydrogens is 256 g/mol. The summed E-state index contributed by atoms with van der Waals surface area (Å²) in [4.78, 5) is 15.1. The van der Waals surface area contributed by atoms with E-state index in [4.69, 9.17) is 0 Å². The number of carbonyl (C=O) groups excluding carboxylic acids is 1. The molecule has 2 atom stereocenters. The van der Waals surface area contributed by atoms with Crippen LogP contribution in [0.25, 0.3) is 0 Å². The summed E-state index contributed by atoms with van der Waals surface area (Å²) in [6.45, 7) is 8.96. The second kappa shape index (κ2) is 7.06. The van der Waals surface area contributed by atoms with Crippen LogP contribution >= 0.6 is 11.3 Å². The van der Waals surface area contributed by atoms with Crippen LogP contribution in [0.1, 0.15) is 36.4 Å². The Kier molecular flexibility index (Phi) is 5.40. The van der Waals surface area contributed by atoms with Crippen molar-refractivity contribution in [2.24, 2.45) is 11.8 Å². The monoisotopic (exact) mass is 280 g/mol. The van der Waals surface area contributed by atoms with Gasteiger partial charge in [0.2, 0.25) is 0 Å². The van der Waals surface area contributed by atoms with Crippen LogP contribution in [0, 0.1) is 11.8 Å². The Morgan fingerprint density at radius 3 is 2.79 bits per heavy atom. The van der Waals surface area contributed by atoms with E-state index in [1.807, 2.05) is 17.5 Å². The summed E-state index contributed by atoms with van der Waals surface area (Å²) in [5, 5.41) is 4.93. The number of likely N-dealkylation sites (tertiary alicyclic amines) is 1. The minimum absolute atomic E-state index is 0.0652. The van der Waals surface area contributed by atoms with Gasteiger partial charge in [0.05, 0.1) is 4.88 Å². The number of hydrogen-bond acceptors (Lipinski definition) is 3. The zero-order valence-corrected chi connectivity index (χ0v) is 12.7. The van der Waals surface area contributed by atoms with Gasteiger partial charge in [-0.3, -0.25) is 4.79 Å². The second-order valence-electron chi connectivity index (χ2n) is 5.79. The Labute approximate surface area is 120 Å². The van der Waals surface area contributed by atoms with Gasteiger partial charge in [0.25, 0.3) is 5.91 Å². The summed E-state index contributed by atoms with van der Waals surface area (Å²) in [7, 11) is 0. The lowest BCUT2D eigenvalue weighted by Crippen LogP contribution is -2.40. The lowest BCUT2D eigenvalue weighted by molar-refractivity contribution is 0.0951. The van der Waals surface area contributed by atoms with E-state index in [9.17, 15) is 4.79 Å². The van der Waals surface area contributed by atoms with Gasteiger partial charge >= 0.3 is 0 Å². The summed E-state index contributed by atoms with van der Waals surface area (Å²) < 4.78 is 0. The highest BCUT2D eigenvalue weighted by atomic mass is 32.1. The maximum absolute atomic E-state index is 11.7. The van der Waals surface area contributed by atoms with Gasteiger partial charge in [-0.1, -0.05) is 19.9 Å². The van der Waals surface area contributed by atoms with E-state index in [0.29, 0.717) is 0 Å². The topological polar surface area (TPSA) is 32.3 Å². The van der Waals surface area contributed by atoms with E-state index < -0.39 is 0 Å². The van der Waals surface area contributed by atoms with Crippen LogP contribution in [0.4, 0.5) is 0 Å². The van der Waals surface area contributed by atoms with Gasteiger partial charge in [-0.25, -0.2) is 0 Å². The zero-order valence-electron chi connectivity index (χ0n) is 11.9. The van der Waals surface area contributed by atoms with Crippen molar-refractivity contribution in [3.8, 4) is 0 Å². The van der Waals surface area contributed by atoms with Gasteiger partial charge in [0, 0.05) is 19.6 Å². The number of rotatable bonds is 5. The maximum atomic E-state index is 11.7. The second-order valence-corrected chi connectivity index (χ2v) is 6.74. The van der Waals surface area contributed by atoms with Crippen LogP contribution in [0.5, 0.6) is 0 Å². The van der Waals surface area contributed by atoms with Gasteiger partial charge in [0.15, 0.2) is 0 Å². The average Bonchev–Trinajstić information content (AvgIpc) is 2.87. The highest BCUT2D eigenvalue weighted by molar-refractivity contribution is 7.12. The van der Waals surface area contributed by atoms with E-state index in [0.717, 1.165) is 36.2 Å². The molecule has 1 N–H and O–H groups in total. The van der Waals surface area contributed by atoms with Crippen LogP contribution < -0.4 is 5.32 Å². The fourth-order valence-corrected chi connectivity index (χ4v) is 3.61. The molecule has 0 bridgehead atoms. The molecule has 4 heteroatoms. The van der Waals surface area contributed by atoms with Gasteiger partial charge in [-0.05, 0) is 42.7 Å². The lowest BCUT2D eigenvalue weighted by Gasteiger charge is -2.34. The van der Waals surface area contributed by atoms with Crippen LogP contribution in [0.3, 0.4) is 0 Å². The Balaban J connectivity index is 1.63. The predicted molar refractivity (Wildman–Crippen MR) is 80.7 cm³/mol. The summed E-state index contributed by atoms with van der Waals surface area (Å²) >= 11 is 1.50. The van der Waals surface area contributed by atoms with Crippen LogP contribution in [0.2, 0.25) is 0 Å². The number of nitrogens with zero attached hydrogens (tertiary/aromatic N) is 1. The first kappa shape index (κ1) is 14.5. The molecule has 0 spiro atoms. The van der Waals surface area contributed by atoms with Gasteiger partial charge in [0.1, 0.15) is 0 Å². The molecule has 2 unspecified atom stereocenters. The molecule has 0 aromatic carbocycles. The Morgan fingerprint density at radius 1 is 1.42 bits per heavy atom. The predicted octanol–water partition coefficient (Wildman–Crippen LogP) is 2.85. The number of nitrogens with one attached hydrogen (secondary N) is 1. The van der Waals surface area contributed by atoms with Crippen molar-refractivity contribution >= 4 is 17.2 Å². The third-order valence-electron chi connectivity index (χ3n) is 3.63. The van der Waals surface area contributed by atoms with Gasteiger partial charge in [-0.2, -0.15) is 0 Å². The molecule has 2 heterocycles. The first-order chi connectivity index (χ1) is 9.15. The van der Waals surface area contributed by atoms with E-state index >= 15 is 0 Å². The molecule has 106 valence electrons. The molecule has 0 saturated carbocycles. The van der Waals surface area contributed by atoms with Crippen molar-refractivity contribution in [1.82, 2.24) is 10.2 Å². The minimum Gasteiger partial charge on any atom is -0.351 e. The molecule has 1 aliphatic heterocycles. The minimum atomic E-state index is 0.0652. The summed E-state index contributed by atoms with van der Waals surface area (Å²) in [6, 6.07) is 3.78. The van der Waals surface area contributed by atoms with Crippen LogP contribution in [-0.2, 0) is 0 Å². The highest BCUT2D eigenvalue weighted by Crippen LogP contribution is 2.20. The molecule has 1 fully saturated rings. The third kappa shape index (κ3) is 4.62. The molecule has 0 radical (unpaired) electrons. The number of carbonyl (C=O) groups is 1. The van der Waals surface area contributed by atoms with Crippen LogP contribution in [0.15, 0.2) is 17.5 Å². The van der Waals surface area contributed by atoms with Crippen molar-refractivity contribution in [1.29, 1.82) is 0 Å². The van der Waals surface area contributed by atoms with Gasteiger partial charge < -0.3 is 10.2 Å². The number of piperidine rings is 1. The smallest absolute Gasteiger partial charge is 0.261 e. The number of thiophene rings is 1. The molecule has 1 saturated heterocycles. The normalized spacial score (nSPS) is 24.3. The molecule has 1 aromatic rings. The molecule has 1 amide bonds. The molecule has 19 heavy (non-hydrogen) atoms. The lowest BCUT2D eigenvalue weighted by atomic mass is 9.92. The Bertz CT molecular complexity index is 381. The molecule has 3 nitrogen and oxygen atoms in total. The third-order valence-corrected chi connectivity index (χ3v) is 4.49. The van der Waals surface area contributed by atoms with E-state index in [-0.39, 0.29) is 5.91 Å². The largest absolute Gasteiger partial charge is 0.351 e. The molecule has 2 rings (SSSR count). The summed E-state index contributed by atoms with van der Waals surface area (Å²) in [5.41, 5.74) is 0. The van der Waals surface area contributed by atoms with Crippen molar-refractivity contribution in [3.63, 3.8) is 0 Å². The maximum Gasteiger partial charge on any atom is 0.261 e. The summed E-state index contributed by atoms with van der Waals surface area (Å²) in [6.07, 6.45) is 2.39. The van der Waals surface area contributed by atoms with E-state index in [1.165, 1.54) is 30.8 Å². The van der Waals surface area contributed by atoms with Crippen molar-refractivity contribution in [2.45, 2.75) is 26.7 Å². The Hall–Kier alpha value is -0.870. The van der Waals surface area contributed by atoms with Crippen LogP contribution in [-0.4, -0.2) is 37.0 Å². The highest BCUT2D eigenvalue weighted by Gasteiger charge is 2.21. The van der Waals surface area contributed by atoms with Crippen molar-refractivity contribution in [2.75, 3.05) is 26.2 Å². The first-order valence-electron chi connectivity index (χ1n) is 7.19. The SMILES string of the molecule is CC1CC(C)CN(CCCNC(=O)c2cccs2)C1. The molecule has 0 aliphatic carbocycles. The summed E-state index contributed by atoms with van der Waals surface area (Å²) in [5.74, 6) is 1.68. The van der Waals surface area contributed by atoms with Gasteiger partial charge in [-0.15, -0.1) is 11.3 Å². The van der Waals surface area contributed by atoms with Crippen molar-refractivity contribution in [3.05, 3.63) is 22.4 Å². The van der Waals surface area contributed by atoms with Crippen molar-refractivity contribution < 1.29 is 4.79 Å².